The number of halogens is 1. The van der Waals surface area contributed by atoms with Crippen LogP contribution >= 0.6 is 22.9 Å². The van der Waals surface area contributed by atoms with Gasteiger partial charge in [-0.05, 0) is 18.5 Å². The van der Waals surface area contributed by atoms with Gasteiger partial charge < -0.3 is 11.1 Å². The third-order valence-corrected chi connectivity index (χ3v) is 3.73. The quantitative estimate of drug-likeness (QED) is 0.844. The molecule has 2 aromatic rings. The van der Waals surface area contributed by atoms with E-state index in [-0.39, 0.29) is 5.28 Å². The van der Waals surface area contributed by atoms with Crippen molar-refractivity contribution in [2.24, 2.45) is 0 Å². The molecule has 3 N–H and O–H groups in total. The van der Waals surface area contributed by atoms with Gasteiger partial charge in [-0.2, -0.15) is 4.98 Å². The zero-order valence-electron chi connectivity index (χ0n) is 10.1. The number of nitrogens with zero attached hydrogens (tertiary/aromatic N) is 3. The molecule has 0 saturated heterocycles. The molecule has 0 aliphatic heterocycles. The smallest absolute Gasteiger partial charge is 0.224 e. The van der Waals surface area contributed by atoms with Crippen molar-refractivity contribution in [3.8, 4) is 0 Å². The first-order valence-corrected chi connectivity index (χ1v) is 6.76. The van der Waals surface area contributed by atoms with Crippen molar-refractivity contribution in [2.75, 3.05) is 17.6 Å². The number of thiazole rings is 1. The lowest BCUT2D eigenvalue weighted by Crippen LogP contribution is -2.13. The van der Waals surface area contributed by atoms with E-state index in [1.165, 1.54) is 0 Å². The van der Waals surface area contributed by atoms with Gasteiger partial charge in [-0.15, -0.1) is 11.3 Å². The Balaban J connectivity index is 2.06. The number of hydrogen-bond acceptors (Lipinski definition) is 6. The SMILES string of the molecule is Cc1nc(Cl)nc(NCC(C)c2nccs2)c1N. The van der Waals surface area contributed by atoms with E-state index in [1.807, 2.05) is 5.38 Å². The third kappa shape index (κ3) is 2.88. The van der Waals surface area contributed by atoms with Crippen LogP contribution in [0.25, 0.3) is 0 Å². The van der Waals surface area contributed by atoms with E-state index in [0.29, 0.717) is 29.7 Å². The van der Waals surface area contributed by atoms with Crippen molar-refractivity contribution in [2.45, 2.75) is 19.8 Å². The zero-order valence-corrected chi connectivity index (χ0v) is 11.7. The summed E-state index contributed by atoms with van der Waals surface area (Å²) in [5.74, 6) is 0.870. The average molecular weight is 284 g/mol. The van der Waals surface area contributed by atoms with Crippen LogP contribution in [0.15, 0.2) is 11.6 Å². The lowest BCUT2D eigenvalue weighted by atomic mass is 10.2. The Kier molecular flexibility index (Phi) is 3.98. The van der Waals surface area contributed by atoms with Gasteiger partial charge in [0.05, 0.1) is 16.4 Å². The van der Waals surface area contributed by atoms with Crippen molar-refractivity contribution in [1.29, 1.82) is 0 Å². The van der Waals surface area contributed by atoms with Gasteiger partial charge in [-0.1, -0.05) is 6.92 Å². The molecule has 0 aromatic carbocycles. The van der Waals surface area contributed by atoms with Gasteiger partial charge in [0.15, 0.2) is 5.82 Å². The fourth-order valence-electron chi connectivity index (χ4n) is 1.50. The van der Waals surface area contributed by atoms with E-state index in [9.17, 15) is 0 Å². The lowest BCUT2D eigenvalue weighted by molar-refractivity contribution is 0.791. The van der Waals surface area contributed by atoms with Crippen molar-refractivity contribution in [3.63, 3.8) is 0 Å². The van der Waals surface area contributed by atoms with Crippen LogP contribution in [0.4, 0.5) is 11.5 Å². The summed E-state index contributed by atoms with van der Waals surface area (Å²) >= 11 is 7.44. The number of nitrogens with one attached hydrogen (secondary N) is 1. The molecule has 0 fully saturated rings. The van der Waals surface area contributed by atoms with Gasteiger partial charge in [0, 0.05) is 24.0 Å². The summed E-state index contributed by atoms with van der Waals surface area (Å²) < 4.78 is 0. The van der Waals surface area contributed by atoms with E-state index in [2.05, 4.69) is 27.2 Å². The number of nitrogens with two attached hydrogens (primary N) is 1. The van der Waals surface area contributed by atoms with Gasteiger partial charge in [-0.3, -0.25) is 0 Å². The Morgan fingerprint density at radius 3 is 2.94 bits per heavy atom. The number of rotatable bonds is 4. The molecule has 0 aliphatic rings. The topological polar surface area (TPSA) is 76.7 Å². The molecule has 18 heavy (non-hydrogen) atoms. The maximum Gasteiger partial charge on any atom is 0.224 e. The number of aryl methyl sites for hydroxylation is 1. The van der Waals surface area contributed by atoms with Crippen LogP contribution in [0.1, 0.15) is 23.5 Å². The summed E-state index contributed by atoms with van der Waals surface area (Å²) in [6.07, 6.45) is 1.80. The molecule has 2 heterocycles. The highest BCUT2D eigenvalue weighted by Crippen LogP contribution is 2.23. The van der Waals surface area contributed by atoms with Crippen molar-refractivity contribution in [3.05, 3.63) is 27.6 Å². The van der Waals surface area contributed by atoms with Gasteiger partial charge in [0.1, 0.15) is 0 Å². The molecule has 0 bridgehead atoms. The molecule has 7 heteroatoms. The number of aromatic nitrogens is 3. The fourth-order valence-corrected chi connectivity index (χ4v) is 2.41. The van der Waals surface area contributed by atoms with Crippen LogP contribution in [0, 0.1) is 6.92 Å². The Labute approximate surface area is 114 Å². The maximum absolute atomic E-state index is 5.90. The number of anilines is 2. The van der Waals surface area contributed by atoms with Crippen LogP contribution in [0.3, 0.4) is 0 Å². The zero-order chi connectivity index (χ0) is 13.1. The Bertz CT molecular complexity index is 528. The average Bonchev–Trinajstić information content (AvgIpc) is 2.85. The van der Waals surface area contributed by atoms with Gasteiger partial charge in [0.25, 0.3) is 0 Å². The molecule has 0 saturated carbocycles. The second-order valence-electron chi connectivity index (χ2n) is 3.99. The predicted octanol–water partition coefficient (Wildman–Crippen LogP) is 2.69. The summed E-state index contributed by atoms with van der Waals surface area (Å²) in [7, 11) is 0. The summed E-state index contributed by atoms with van der Waals surface area (Å²) in [5.41, 5.74) is 7.11. The second kappa shape index (κ2) is 5.49. The highest BCUT2D eigenvalue weighted by Gasteiger charge is 2.11. The van der Waals surface area contributed by atoms with Crippen molar-refractivity contribution < 1.29 is 0 Å². The molecule has 0 spiro atoms. The van der Waals surface area contributed by atoms with E-state index in [1.54, 1.807) is 24.5 Å². The van der Waals surface area contributed by atoms with E-state index in [4.69, 9.17) is 17.3 Å². The summed E-state index contributed by atoms with van der Waals surface area (Å²) in [4.78, 5) is 12.4. The normalized spacial score (nSPS) is 12.4. The molecule has 0 radical (unpaired) electrons. The minimum Gasteiger partial charge on any atom is -0.394 e. The first-order valence-electron chi connectivity index (χ1n) is 5.50. The second-order valence-corrected chi connectivity index (χ2v) is 5.26. The standard InChI is InChI=1S/C11H14ClN5S/c1-6(10-14-3-4-18-10)5-15-9-8(13)7(2)16-11(12)17-9/h3-4,6H,5,13H2,1-2H3,(H,15,16,17). The summed E-state index contributed by atoms with van der Waals surface area (Å²) in [5, 5.41) is 6.43. The van der Waals surface area contributed by atoms with Crippen molar-refractivity contribution in [1.82, 2.24) is 15.0 Å². The summed E-state index contributed by atoms with van der Waals surface area (Å²) in [6, 6.07) is 0. The van der Waals surface area contributed by atoms with Gasteiger partial charge >= 0.3 is 0 Å². The fraction of sp³-hybridized carbons (Fsp3) is 0.364. The highest BCUT2D eigenvalue weighted by atomic mass is 35.5. The van der Waals surface area contributed by atoms with E-state index >= 15 is 0 Å². The Morgan fingerprint density at radius 2 is 2.28 bits per heavy atom. The molecule has 96 valence electrons. The Morgan fingerprint density at radius 1 is 1.50 bits per heavy atom. The van der Waals surface area contributed by atoms with Crippen LogP contribution in [-0.2, 0) is 0 Å². The molecule has 0 aliphatic carbocycles. The van der Waals surface area contributed by atoms with Gasteiger partial charge in [-0.25, -0.2) is 9.97 Å². The molecule has 0 amide bonds. The molecule has 1 atom stereocenters. The molecule has 2 aromatic heterocycles. The first kappa shape index (κ1) is 13.0. The summed E-state index contributed by atoms with van der Waals surface area (Å²) in [6.45, 7) is 4.60. The van der Waals surface area contributed by atoms with Crippen LogP contribution in [0.5, 0.6) is 0 Å². The van der Waals surface area contributed by atoms with Crippen LogP contribution in [0.2, 0.25) is 5.28 Å². The third-order valence-electron chi connectivity index (χ3n) is 2.56. The molecule has 1 unspecified atom stereocenters. The van der Waals surface area contributed by atoms with Crippen LogP contribution < -0.4 is 11.1 Å². The van der Waals surface area contributed by atoms with Crippen LogP contribution in [-0.4, -0.2) is 21.5 Å². The maximum atomic E-state index is 5.90. The lowest BCUT2D eigenvalue weighted by Gasteiger charge is -2.13. The minimum absolute atomic E-state index is 0.200. The first-order chi connectivity index (χ1) is 8.58. The monoisotopic (exact) mass is 283 g/mol. The molecule has 2 rings (SSSR count). The highest BCUT2D eigenvalue weighted by molar-refractivity contribution is 7.09. The predicted molar refractivity (Wildman–Crippen MR) is 75.2 cm³/mol. The minimum atomic E-state index is 0.200. The largest absolute Gasteiger partial charge is 0.394 e. The molecular formula is C11H14ClN5S. The number of nitrogen functional groups attached to an aromatic ring is 1. The van der Waals surface area contributed by atoms with E-state index in [0.717, 1.165) is 5.01 Å². The van der Waals surface area contributed by atoms with Crippen molar-refractivity contribution >= 4 is 34.4 Å². The molecule has 5 nitrogen and oxygen atoms in total. The number of hydrogen-bond donors (Lipinski definition) is 2. The van der Waals surface area contributed by atoms with E-state index < -0.39 is 0 Å². The van der Waals surface area contributed by atoms with Gasteiger partial charge in [0.2, 0.25) is 5.28 Å². The Hall–Kier alpha value is -1.40. The molecular weight excluding hydrogens is 270 g/mol.